The summed E-state index contributed by atoms with van der Waals surface area (Å²) in [6, 6.07) is 0.0532. The van der Waals surface area contributed by atoms with E-state index in [0.717, 1.165) is 25.5 Å². The van der Waals surface area contributed by atoms with E-state index in [0.29, 0.717) is 25.2 Å². The zero-order chi connectivity index (χ0) is 17.9. The topological polar surface area (TPSA) is 95.1 Å². The summed E-state index contributed by atoms with van der Waals surface area (Å²) in [5, 5.41) is 9.31. The van der Waals surface area contributed by atoms with Crippen LogP contribution in [0.2, 0.25) is 0 Å². The second-order valence-electron chi connectivity index (χ2n) is 6.93. The van der Waals surface area contributed by atoms with E-state index in [2.05, 4.69) is 27.9 Å². The van der Waals surface area contributed by atoms with Crippen LogP contribution in [0, 0.1) is 5.41 Å². The number of halogens is 1. The predicted octanol–water partition coefficient (Wildman–Crippen LogP) is 1.06. The van der Waals surface area contributed by atoms with Gasteiger partial charge in [0.1, 0.15) is 0 Å². The predicted molar refractivity (Wildman–Crippen MR) is 110 cm³/mol. The average molecular weight is 479 g/mol. The fraction of sp³-hybridized carbons (Fsp3) is 0.824. The molecular weight excluding hydrogens is 449 g/mol. The van der Waals surface area contributed by atoms with Crippen LogP contribution in [-0.2, 0) is 9.53 Å². The molecule has 3 aliphatic rings. The Balaban J connectivity index is 0.00000243. The Hall–Kier alpha value is -1.10. The Bertz CT molecular complexity index is 537. The Morgan fingerprint density at radius 1 is 1.38 bits per heavy atom. The molecule has 1 saturated heterocycles. The van der Waals surface area contributed by atoms with Gasteiger partial charge in [-0.15, -0.1) is 24.0 Å². The summed E-state index contributed by atoms with van der Waals surface area (Å²) in [7, 11) is 0. The summed E-state index contributed by atoms with van der Waals surface area (Å²) >= 11 is 0. The molecule has 2 aliphatic carbocycles. The van der Waals surface area contributed by atoms with Crippen molar-refractivity contribution in [2.75, 3.05) is 32.8 Å². The first-order valence-electron chi connectivity index (χ1n) is 9.35. The van der Waals surface area contributed by atoms with Gasteiger partial charge in [0.05, 0.1) is 25.7 Å². The number of nitrogens with zero attached hydrogens (tertiary/aromatic N) is 2. The molecule has 2 unspecified atom stereocenters. The largest absolute Gasteiger partial charge is 0.378 e. The maximum atomic E-state index is 11.6. The lowest BCUT2D eigenvalue weighted by Crippen LogP contribution is -2.68. The zero-order valence-electron chi connectivity index (χ0n) is 15.5. The van der Waals surface area contributed by atoms with Gasteiger partial charge in [-0.25, -0.2) is 4.79 Å². The van der Waals surface area contributed by atoms with Crippen LogP contribution >= 0.6 is 24.0 Å². The molecule has 2 atom stereocenters. The van der Waals surface area contributed by atoms with E-state index in [1.807, 2.05) is 6.92 Å². The van der Waals surface area contributed by atoms with E-state index in [9.17, 15) is 9.59 Å². The highest BCUT2D eigenvalue weighted by Crippen LogP contribution is 2.57. The molecule has 9 heteroatoms. The fourth-order valence-electron chi connectivity index (χ4n) is 4.07. The van der Waals surface area contributed by atoms with Crippen molar-refractivity contribution in [1.82, 2.24) is 20.9 Å². The van der Waals surface area contributed by atoms with Crippen molar-refractivity contribution < 1.29 is 14.3 Å². The number of amides is 3. The summed E-state index contributed by atoms with van der Waals surface area (Å²) in [5.74, 6) is 0.561. The minimum Gasteiger partial charge on any atom is -0.378 e. The Morgan fingerprint density at radius 2 is 2.15 bits per heavy atom. The van der Waals surface area contributed by atoms with Gasteiger partial charge in [-0.2, -0.15) is 0 Å². The standard InChI is InChI=1S/C17H29N5O3.HI/c1-3-18-15(19-8-9-22-14(23)11-20-16(22)24)21-12-10-13(25-4-2)17(12)6-5-7-17;/h12-13H,3-11H2,1-2H3,(H,20,24)(H2,18,19,21);1H. The van der Waals surface area contributed by atoms with E-state index in [4.69, 9.17) is 4.74 Å². The van der Waals surface area contributed by atoms with Gasteiger partial charge in [0, 0.05) is 24.6 Å². The lowest BCUT2D eigenvalue weighted by atomic mass is 9.51. The highest BCUT2D eigenvalue weighted by Gasteiger charge is 2.59. The number of hydrogen-bond acceptors (Lipinski definition) is 4. The Morgan fingerprint density at radius 3 is 2.69 bits per heavy atom. The van der Waals surface area contributed by atoms with E-state index >= 15 is 0 Å². The molecule has 0 radical (unpaired) electrons. The van der Waals surface area contributed by atoms with Crippen LogP contribution in [0.25, 0.3) is 0 Å². The maximum absolute atomic E-state index is 11.6. The monoisotopic (exact) mass is 479 g/mol. The molecule has 3 amide bonds. The molecule has 0 bridgehead atoms. The number of urea groups is 1. The van der Waals surface area contributed by atoms with Gasteiger partial charge in [-0.3, -0.25) is 14.7 Å². The second-order valence-corrected chi connectivity index (χ2v) is 6.93. The minimum absolute atomic E-state index is 0. The highest BCUT2D eigenvalue weighted by molar-refractivity contribution is 14.0. The molecule has 148 valence electrons. The van der Waals surface area contributed by atoms with Crippen molar-refractivity contribution in [3.63, 3.8) is 0 Å². The lowest BCUT2D eigenvalue weighted by molar-refractivity contribution is -0.168. The zero-order valence-corrected chi connectivity index (χ0v) is 17.9. The van der Waals surface area contributed by atoms with Gasteiger partial charge in [0.25, 0.3) is 0 Å². The van der Waals surface area contributed by atoms with Crippen molar-refractivity contribution in [3.05, 3.63) is 0 Å². The summed E-state index contributed by atoms with van der Waals surface area (Å²) in [6.07, 6.45) is 5.04. The second kappa shape index (κ2) is 9.20. The summed E-state index contributed by atoms with van der Waals surface area (Å²) in [4.78, 5) is 28.9. The minimum atomic E-state index is -0.329. The molecule has 3 rings (SSSR count). The fourth-order valence-corrected chi connectivity index (χ4v) is 4.07. The highest BCUT2D eigenvalue weighted by atomic mass is 127. The van der Waals surface area contributed by atoms with Crippen molar-refractivity contribution >= 4 is 41.9 Å². The molecule has 3 fully saturated rings. The van der Waals surface area contributed by atoms with E-state index in [1.165, 1.54) is 24.2 Å². The van der Waals surface area contributed by atoms with Gasteiger partial charge in [0.2, 0.25) is 5.91 Å². The number of imide groups is 1. The third-order valence-corrected chi connectivity index (χ3v) is 5.62. The van der Waals surface area contributed by atoms with Gasteiger partial charge < -0.3 is 20.7 Å². The molecule has 0 aromatic heterocycles. The number of hydrogen-bond donors (Lipinski definition) is 3. The van der Waals surface area contributed by atoms with Gasteiger partial charge in [0.15, 0.2) is 5.96 Å². The van der Waals surface area contributed by atoms with Crippen LogP contribution in [0.15, 0.2) is 4.99 Å². The quantitative estimate of drug-likeness (QED) is 0.220. The molecule has 8 nitrogen and oxygen atoms in total. The van der Waals surface area contributed by atoms with Crippen molar-refractivity contribution in [1.29, 1.82) is 0 Å². The molecule has 0 aromatic carbocycles. The first-order valence-corrected chi connectivity index (χ1v) is 9.35. The number of guanidine groups is 1. The summed E-state index contributed by atoms with van der Waals surface area (Å²) < 4.78 is 5.89. The maximum Gasteiger partial charge on any atom is 0.324 e. The average Bonchev–Trinajstić information content (AvgIpc) is 2.84. The number of aliphatic imine (C=N–C) groups is 1. The van der Waals surface area contributed by atoms with Crippen LogP contribution in [0.3, 0.4) is 0 Å². The molecule has 1 aliphatic heterocycles. The number of carbonyl (C=O) groups is 2. The Kier molecular flexibility index (Phi) is 7.51. The molecule has 1 spiro atoms. The van der Waals surface area contributed by atoms with Crippen molar-refractivity contribution in [2.24, 2.45) is 10.4 Å². The molecule has 3 N–H and O–H groups in total. The third kappa shape index (κ3) is 4.08. The van der Waals surface area contributed by atoms with E-state index in [1.54, 1.807) is 0 Å². The third-order valence-electron chi connectivity index (χ3n) is 5.62. The number of nitrogens with one attached hydrogen (secondary N) is 3. The van der Waals surface area contributed by atoms with Crippen LogP contribution in [0.5, 0.6) is 0 Å². The summed E-state index contributed by atoms with van der Waals surface area (Å²) in [6.45, 7) is 6.39. The molecule has 2 saturated carbocycles. The van der Waals surface area contributed by atoms with Crippen LogP contribution in [-0.4, -0.2) is 67.7 Å². The summed E-state index contributed by atoms with van der Waals surface area (Å²) in [5.41, 5.74) is 0.261. The number of ether oxygens (including phenoxy) is 1. The van der Waals surface area contributed by atoms with Crippen LogP contribution in [0.4, 0.5) is 4.79 Å². The number of rotatable bonds is 7. The molecular formula is C17H30IN5O3. The van der Waals surface area contributed by atoms with Crippen LogP contribution in [0.1, 0.15) is 39.5 Å². The first-order chi connectivity index (χ1) is 12.1. The lowest BCUT2D eigenvalue weighted by Gasteiger charge is -2.61. The van der Waals surface area contributed by atoms with Crippen molar-refractivity contribution in [3.8, 4) is 0 Å². The first kappa shape index (κ1) is 21.2. The Labute approximate surface area is 171 Å². The van der Waals surface area contributed by atoms with Gasteiger partial charge in [-0.1, -0.05) is 6.42 Å². The molecule has 1 heterocycles. The number of carbonyl (C=O) groups excluding carboxylic acids is 2. The molecule has 0 aromatic rings. The van der Waals surface area contributed by atoms with Gasteiger partial charge in [-0.05, 0) is 33.1 Å². The van der Waals surface area contributed by atoms with Crippen LogP contribution < -0.4 is 16.0 Å². The van der Waals surface area contributed by atoms with E-state index in [-0.39, 0.29) is 47.9 Å². The van der Waals surface area contributed by atoms with Crippen molar-refractivity contribution in [2.45, 2.75) is 51.7 Å². The SMILES string of the molecule is CCNC(=NCCN1C(=O)CNC1=O)NC1CC(OCC)C12CCC2.I. The smallest absolute Gasteiger partial charge is 0.324 e. The molecule has 26 heavy (non-hydrogen) atoms. The normalized spacial score (nSPS) is 26.7. The van der Waals surface area contributed by atoms with E-state index < -0.39 is 0 Å². The van der Waals surface area contributed by atoms with Gasteiger partial charge >= 0.3 is 6.03 Å².